The van der Waals surface area contributed by atoms with Crippen molar-refractivity contribution in [3.8, 4) is 50.2 Å². The van der Waals surface area contributed by atoms with Crippen LogP contribution >= 0.6 is 0 Å². The van der Waals surface area contributed by atoms with E-state index in [0.717, 1.165) is 78.1 Å². The van der Waals surface area contributed by atoms with Crippen molar-refractivity contribution in [3.63, 3.8) is 0 Å². The number of rotatable bonds is 8. The second-order valence-electron chi connectivity index (χ2n) is 17.4. The van der Waals surface area contributed by atoms with Gasteiger partial charge in [-0.25, -0.2) is 0 Å². The van der Waals surface area contributed by atoms with Crippen molar-refractivity contribution in [1.82, 2.24) is 4.57 Å². The molecule has 0 aliphatic rings. The molecule has 67 heavy (non-hydrogen) atoms. The molecule has 11 aromatic carbocycles. The summed E-state index contributed by atoms with van der Waals surface area (Å²) in [6, 6.07) is 92.1. The van der Waals surface area contributed by atoms with E-state index in [4.69, 9.17) is 4.42 Å². The Kier molecular flexibility index (Phi) is 9.17. The predicted molar refractivity (Wildman–Crippen MR) is 282 cm³/mol. The molecule has 3 nitrogen and oxygen atoms in total. The highest BCUT2D eigenvalue weighted by Crippen LogP contribution is 2.41. The number of hydrogen-bond acceptors (Lipinski definition) is 2. The minimum atomic E-state index is 0.893. The van der Waals surface area contributed by atoms with E-state index in [-0.39, 0.29) is 0 Å². The maximum atomic E-state index is 6.27. The summed E-state index contributed by atoms with van der Waals surface area (Å²) in [6.07, 6.45) is 0. The number of furan rings is 1. The van der Waals surface area contributed by atoms with Gasteiger partial charge >= 0.3 is 0 Å². The first-order valence-corrected chi connectivity index (χ1v) is 22.9. The van der Waals surface area contributed by atoms with E-state index in [0.29, 0.717) is 0 Å². The Morgan fingerprint density at radius 3 is 1.55 bits per heavy atom. The standard InChI is InChI=1S/C64H42N2O/c1-4-14-43(15-5-1)44-26-31-55(32-27-44)65(53-16-6-2-7-17-53)56-33-28-45-36-46(24-25-47(45)40-56)50-37-51(48-30-35-64-60(41-48)59-21-11-13-23-63(59)67-64)39-52(38-50)49-29-34-58-57-20-10-12-22-61(57)66(62(58)42-49)54-18-8-3-9-19-54/h1-42H. The zero-order valence-corrected chi connectivity index (χ0v) is 36.6. The van der Waals surface area contributed by atoms with Crippen LogP contribution in [-0.2, 0) is 0 Å². The van der Waals surface area contributed by atoms with Gasteiger partial charge in [-0.2, -0.15) is 0 Å². The predicted octanol–water partition coefficient (Wildman–Crippen LogP) is 18.0. The zero-order chi connectivity index (χ0) is 44.3. The summed E-state index contributed by atoms with van der Waals surface area (Å²) >= 11 is 0. The summed E-state index contributed by atoms with van der Waals surface area (Å²) in [5, 5.41) is 7.08. The summed E-state index contributed by atoms with van der Waals surface area (Å²) < 4.78 is 8.67. The lowest BCUT2D eigenvalue weighted by molar-refractivity contribution is 0.669. The second kappa shape index (κ2) is 16.0. The van der Waals surface area contributed by atoms with Crippen molar-refractivity contribution in [2.45, 2.75) is 0 Å². The van der Waals surface area contributed by atoms with Gasteiger partial charge in [0.25, 0.3) is 0 Å². The largest absolute Gasteiger partial charge is 0.456 e. The zero-order valence-electron chi connectivity index (χ0n) is 36.6. The average Bonchev–Trinajstić information content (AvgIpc) is 3.94. The van der Waals surface area contributed by atoms with Crippen LogP contribution in [0.2, 0.25) is 0 Å². The molecule has 0 atom stereocenters. The minimum absolute atomic E-state index is 0.893. The molecule has 0 saturated heterocycles. The summed E-state index contributed by atoms with van der Waals surface area (Å²) in [6.45, 7) is 0. The van der Waals surface area contributed by atoms with Gasteiger partial charge < -0.3 is 13.9 Å². The van der Waals surface area contributed by atoms with Gasteiger partial charge in [-0.3, -0.25) is 0 Å². The van der Waals surface area contributed by atoms with Gasteiger partial charge in [-0.05, 0) is 158 Å². The maximum Gasteiger partial charge on any atom is 0.135 e. The molecule has 0 unspecified atom stereocenters. The molecule has 13 rings (SSSR count). The van der Waals surface area contributed by atoms with Gasteiger partial charge in [0.15, 0.2) is 0 Å². The molecule has 2 aromatic heterocycles. The molecule has 13 aromatic rings. The lowest BCUT2D eigenvalue weighted by Crippen LogP contribution is -2.09. The first-order chi connectivity index (χ1) is 33.2. The number of nitrogens with zero attached hydrogens (tertiary/aromatic N) is 2. The summed E-state index contributed by atoms with van der Waals surface area (Å²) in [5.41, 5.74) is 18.0. The van der Waals surface area contributed by atoms with E-state index in [1.54, 1.807) is 0 Å². The molecule has 314 valence electrons. The normalized spacial score (nSPS) is 11.6. The molecule has 0 bridgehead atoms. The van der Waals surface area contributed by atoms with Crippen molar-refractivity contribution in [1.29, 1.82) is 0 Å². The highest BCUT2D eigenvalue weighted by molar-refractivity contribution is 6.11. The second-order valence-corrected chi connectivity index (χ2v) is 17.4. The van der Waals surface area contributed by atoms with E-state index >= 15 is 0 Å². The van der Waals surface area contributed by atoms with Crippen molar-refractivity contribution >= 4 is 71.6 Å². The van der Waals surface area contributed by atoms with Crippen LogP contribution in [0.15, 0.2) is 259 Å². The lowest BCUT2D eigenvalue weighted by atomic mass is 9.91. The van der Waals surface area contributed by atoms with Crippen LogP contribution < -0.4 is 4.90 Å². The van der Waals surface area contributed by atoms with Gasteiger partial charge in [0.1, 0.15) is 11.2 Å². The number of hydrogen-bond donors (Lipinski definition) is 0. The molecule has 0 N–H and O–H groups in total. The van der Waals surface area contributed by atoms with Gasteiger partial charge in [0, 0.05) is 44.3 Å². The maximum absolute atomic E-state index is 6.27. The van der Waals surface area contributed by atoms with Crippen LogP contribution in [0.4, 0.5) is 17.1 Å². The smallest absolute Gasteiger partial charge is 0.135 e. The van der Waals surface area contributed by atoms with Crippen molar-refractivity contribution < 1.29 is 4.42 Å². The Balaban J connectivity index is 0.943. The van der Waals surface area contributed by atoms with E-state index in [9.17, 15) is 0 Å². The minimum Gasteiger partial charge on any atom is -0.456 e. The lowest BCUT2D eigenvalue weighted by Gasteiger charge is -2.26. The van der Waals surface area contributed by atoms with Crippen LogP contribution in [0.5, 0.6) is 0 Å². The van der Waals surface area contributed by atoms with Crippen LogP contribution in [0, 0.1) is 0 Å². The average molecular weight is 855 g/mol. The van der Waals surface area contributed by atoms with Crippen molar-refractivity contribution in [3.05, 3.63) is 255 Å². The Morgan fingerprint density at radius 1 is 0.269 bits per heavy atom. The highest BCUT2D eigenvalue weighted by atomic mass is 16.3. The Morgan fingerprint density at radius 2 is 0.776 bits per heavy atom. The molecule has 0 aliphatic heterocycles. The fourth-order valence-corrected chi connectivity index (χ4v) is 10.0. The van der Waals surface area contributed by atoms with Crippen LogP contribution in [0.1, 0.15) is 0 Å². The monoisotopic (exact) mass is 854 g/mol. The van der Waals surface area contributed by atoms with E-state index in [2.05, 4.69) is 252 Å². The first-order valence-electron chi connectivity index (χ1n) is 22.9. The SMILES string of the molecule is c1ccc(-c2ccc(N(c3ccccc3)c3ccc4cc(-c5cc(-c6ccc7oc8ccccc8c7c6)cc(-c6ccc7c8ccccc8n(-c8ccccc8)c7c6)c5)ccc4c3)cc2)cc1. The molecular formula is C64H42N2O. The molecule has 3 heteroatoms. The Hall–Kier alpha value is -8.92. The number of aromatic nitrogens is 1. The molecule has 2 heterocycles. The third kappa shape index (κ3) is 6.84. The van der Waals surface area contributed by atoms with Crippen LogP contribution in [-0.4, -0.2) is 4.57 Å². The van der Waals surface area contributed by atoms with Gasteiger partial charge in [-0.1, -0.05) is 152 Å². The van der Waals surface area contributed by atoms with E-state index in [1.165, 1.54) is 43.7 Å². The molecule has 0 spiro atoms. The molecule has 0 amide bonds. The van der Waals surface area contributed by atoms with Gasteiger partial charge in [0.2, 0.25) is 0 Å². The van der Waals surface area contributed by atoms with E-state index in [1.807, 2.05) is 12.1 Å². The van der Waals surface area contributed by atoms with Crippen molar-refractivity contribution in [2.24, 2.45) is 0 Å². The summed E-state index contributed by atoms with van der Waals surface area (Å²) in [7, 11) is 0. The van der Waals surface area contributed by atoms with E-state index < -0.39 is 0 Å². The number of benzene rings is 11. The van der Waals surface area contributed by atoms with Gasteiger partial charge in [0.05, 0.1) is 11.0 Å². The topological polar surface area (TPSA) is 21.3 Å². The number of anilines is 3. The molecule has 0 fully saturated rings. The quantitative estimate of drug-likeness (QED) is 0.152. The van der Waals surface area contributed by atoms with Crippen LogP contribution in [0.3, 0.4) is 0 Å². The number of para-hydroxylation sites is 4. The van der Waals surface area contributed by atoms with Crippen molar-refractivity contribution in [2.75, 3.05) is 4.90 Å². The number of fused-ring (bicyclic) bond motifs is 7. The molecule has 0 saturated carbocycles. The third-order valence-electron chi connectivity index (χ3n) is 13.3. The summed E-state index contributed by atoms with van der Waals surface area (Å²) in [5.74, 6) is 0. The third-order valence-corrected chi connectivity index (χ3v) is 13.3. The Labute approximate surface area is 388 Å². The highest BCUT2D eigenvalue weighted by Gasteiger charge is 2.17. The molecular weight excluding hydrogens is 813 g/mol. The molecule has 0 aliphatic carbocycles. The fraction of sp³-hybridized carbons (Fsp3) is 0. The first kappa shape index (κ1) is 38.5. The summed E-state index contributed by atoms with van der Waals surface area (Å²) in [4.78, 5) is 2.34. The Bertz CT molecular complexity index is 3960. The fourth-order valence-electron chi connectivity index (χ4n) is 10.0. The van der Waals surface area contributed by atoms with Gasteiger partial charge in [-0.15, -0.1) is 0 Å². The van der Waals surface area contributed by atoms with Crippen LogP contribution in [0.25, 0.3) is 105 Å². The molecule has 0 radical (unpaired) electrons.